The Bertz CT molecular complexity index is 1490. The number of methoxy groups -OCH3 is 1. The molecule has 0 aliphatic carbocycles. The average molecular weight is 469 g/mol. The smallest absolute Gasteiger partial charge is 0.274 e. The number of amides is 1. The van der Waals surface area contributed by atoms with Crippen molar-refractivity contribution in [2.24, 2.45) is 0 Å². The largest absolute Gasteiger partial charge is 0.502 e. The summed E-state index contributed by atoms with van der Waals surface area (Å²) < 4.78 is 33.6. The Labute approximate surface area is 189 Å². The highest BCUT2D eigenvalue weighted by Gasteiger charge is 2.30. The summed E-state index contributed by atoms with van der Waals surface area (Å²) in [6.45, 7) is 0.236. The Kier molecular flexibility index (Phi) is 5.09. The number of likely N-dealkylation sites (tertiary alicyclic amines) is 1. The van der Waals surface area contributed by atoms with Gasteiger partial charge < -0.3 is 14.7 Å². The number of fused-ring (bicyclic) bond motifs is 1. The quantitative estimate of drug-likeness (QED) is 0.497. The van der Waals surface area contributed by atoms with Crippen molar-refractivity contribution in [1.82, 2.24) is 14.3 Å². The van der Waals surface area contributed by atoms with Gasteiger partial charge in [0.25, 0.3) is 11.5 Å². The van der Waals surface area contributed by atoms with Gasteiger partial charge in [-0.25, -0.2) is 13.8 Å². The van der Waals surface area contributed by atoms with Crippen molar-refractivity contribution in [2.75, 3.05) is 20.2 Å². The van der Waals surface area contributed by atoms with Crippen LogP contribution in [-0.4, -0.2) is 51.7 Å². The summed E-state index contributed by atoms with van der Waals surface area (Å²) >= 11 is 1.14. The molecule has 2 aromatic heterocycles. The van der Waals surface area contributed by atoms with E-state index in [4.69, 9.17) is 4.74 Å². The van der Waals surface area contributed by atoms with Gasteiger partial charge >= 0.3 is 0 Å². The number of aromatic hydroxyl groups is 1. The summed E-state index contributed by atoms with van der Waals surface area (Å²) in [5.74, 6) is -1.69. The summed E-state index contributed by atoms with van der Waals surface area (Å²) in [5.41, 5.74) is 1.81. The predicted octanol–water partition coefficient (Wildman–Crippen LogP) is 2.62. The first-order chi connectivity index (χ1) is 15.8. The number of ether oxygens (including phenoxy) is 1. The molecule has 0 unspecified atom stereocenters. The number of benzene rings is 2. The highest BCUT2D eigenvalue weighted by atomic mass is 32.1. The van der Waals surface area contributed by atoms with Gasteiger partial charge in [-0.1, -0.05) is 23.5 Å². The van der Waals surface area contributed by atoms with Gasteiger partial charge in [0.05, 0.1) is 30.4 Å². The minimum Gasteiger partial charge on any atom is -0.502 e. The number of alkyl halides is 1. The van der Waals surface area contributed by atoms with Gasteiger partial charge in [0.1, 0.15) is 6.17 Å². The predicted molar refractivity (Wildman–Crippen MR) is 119 cm³/mol. The molecule has 1 aliphatic heterocycles. The van der Waals surface area contributed by atoms with Crippen LogP contribution in [-0.2, 0) is 0 Å². The molecule has 1 fully saturated rings. The van der Waals surface area contributed by atoms with E-state index in [1.807, 2.05) is 0 Å². The standard InChI is InChI=1S/C23H17F2N3O4S/c1-32-18-7-12(6-16(25)20(18)29)8-19-22(31)28-11-17(26-23(28)33-19)13-2-4-14(5-3-13)21(30)27-9-15(24)10-27/h2-8,11,15,29H,9-10H2,1H3. The molecule has 1 saturated heterocycles. The highest BCUT2D eigenvalue weighted by molar-refractivity contribution is 7.15. The number of hydrogen-bond acceptors (Lipinski definition) is 6. The number of rotatable bonds is 4. The number of imidazole rings is 1. The van der Waals surface area contributed by atoms with Crippen LogP contribution in [0.25, 0.3) is 22.3 Å². The lowest BCUT2D eigenvalue weighted by Gasteiger charge is -2.34. The molecule has 0 bridgehead atoms. The third-order valence-electron chi connectivity index (χ3n) is 5.42. The van der Waals surface area contributed by atoms with Crippen LogP contribution in [0.15, 0.2) is 47.4 Å². The van der Waals surface area contributed by atoms with Crippen LogP contribution in [0.4, 0.5) is 8.78 Å². The number of phenols is 1. The Balaban J connectivity index is 1.44. The lowest BCUT2D eigenvalue weighted by atomic mass is 10.1. The van der Waals surface area contributed by atoms with E-state index in [0.717, 1.165) is 23.0 Å². The second-order valence-electron chi connectivity index (χ2n) is 7.63. The zero-order chi connectivity index (χ0) is 23.3. The van der Waals surface area contributed by atoms with Crippen molar-refractivity contribution in [3.63, 3.8) is 0 Å². The number of nitrogens with zero attached hydrogens (tertiary/aromatic N) is 3. The number of carbonyl (C=O) groups is 1. The molecule has 0 radical (unpaired) electrons. The lowest BCUT2D eigenvalue weighted by molar-refractivity contribution is 0.0400. The van der Waals surface area contributed by atoms with Crippen molar-refractivity contribution in [1.29, 1.82) is 0 Å². The van der Waals surface area contributed by atoms with E-state index in [2.05, 4.69) is 4.98 Å². The highest BCUT2D eigenvalue weighted by Crippen LogP contribution is 2.30. The molecule has 0 saturated carbocycles. The van der Waals surface area contributed by atoms with Crippen molar-refractivity contribution < 1.29 is 23.4 Å². The molecule has 2 aromatic carbocycles. The van der Waals surface area contributed by atoms with Crippen LogP contribution in [0.1, 0.15) is 15.9 Å². The molecule has 7 nitrogen and oxygen atoms in total. The van der Waals surface area contributed by atoms with Gasteiger partial charge in [-0.15, -0.1) is 0 Å². The summed E-state index contributed by atoms with van der Waals surface area (Å²) in [6.07, 6.45) is 2.15. The second-order valence-corrected chi connectivity index (χ2v) is 8.64. The summed E-state index contributed by atoms with van der Waals surface area (Å²) in [6, 6.07) is 9.32. The van der Waals surface area contributed by atoms with E-state index in [1.165, 1.54) is 28.6 Å². The maximum absolute atomic E-state index is 13.9. The summed E-state index contributed by atoms with van der Waals surface area (Å²) in [5, 5.41) is 9.64. The molecular weight excluding hydrogens is 452 g/mol. The lowest BCUT2D eigenvalue weighted by Crippen LogP contribution is -2.51. The average Bonchev–Trinajstić information content (AvgIpc) is 3.33. The Hall–Kier alpha value is -3.79. The molecule has 4 aromatic rings. The Morgan fingerprint density at radius 3 is 2.64 bits per heavy atom. The van der Waals surface area contributed by atoms with Gasteiger partial charge in [-0.05, 0) is 35.9 Å². The van der Waals surface area contributed by atoms with Crippen LogP contribution >= 0.6 is 11.3 Å². The molecule has 33 heavy (non-hydrogen) atoms. The third kappa shape index (κ3) is 3.72. The molecule has 0 atom stereocenters. The van der Waals surface area contributed by atoms with Crippen molar-refractivity contribution in [3.8, 4) is 22.8 Å². The van der Waals surface area contributed by atoms with E-state index in [1.54, 1.807) is 30.5 Å². The fraction of sp³-hybridized carbons (Fsp3) is 0.174. The minimum atomic E-state index is -0.953. The first-order valence-electron chi connectivity index (χ1n) is 9.98. The van der Waals surface area contributed by atoms with E-state index >= 15 is 0 Å². The van der Waals surface area contributed by atoms with Gasteiger partial charge in [-0.2, -0.15) is 0 Å². The van der Waals surface area contributed by atoms with Gasteiger partial charge in [0.2, 0.25) is 0 Å². The number of carbonyl (C=O) groups excluding carboxylic acids is 1. The third-order valence-corrected chi connectivity index (χ3v) is 6.41. The Morgan fingerprint density at radius 1 is 1.27 bits per heavy atom. The Morgan fingerprint density at radius 2 is 2.00 bits per heavy atom. The number of halogens is 2. The first kappa shape index (κ1) is 21.1. The number of phenolic OH excluding ortho intramolecular Hbond substituents is 1. The molecule has 3 heterocycles. The second kappa shape index (κ2) is 7.96. The van der Waals surface area contributed by atoms with E-state index in [0.29, 0.717) is 26.3 Å². The number of hydrogen-bond donors (Lipinski definition) is 1. The van der Waals surface area contributed by atoms with E-state index < -0.39 is 17.7 Å². The van der Waals surface area contributed by atoms with Crippen LogP contribution in [0.5, 0.6) is 11.5 Å². The van der Waals surface area contributed by atoms with Gasteiger partial charge in [-0.3, -0.25) is 14.0 Å². The first-order valence-corrected chi connectivity index (χ1v) is 10.8. The van der Waals surface area contributed by atoms with Gasteiger partial charge in [0, 0.05) is 17.3 Å². The minimum absolute atomic E-state index is 0.0298. The SMILES string of the molecule is COc1cc(C=c2sc3nc(-c4ccc(C(=O)N5CC(F)C5)cc4)cn3c2=O)cc(F)c1O. The topological polar surface area (TPSA) is 84.1 Å². The molecule has 0 spiro atoms. The van der Waals surface area contributed by atoms with E-state index in [9.17, 15) is 23.5 Å². The van der Waals surface area contributed by atoms with Crippen LogP contribution in [0.3, 0.4) is 0 Å². The molecule has 168 valence electrons. The van der Waals surface area contributed by atoms with E-state index in [-0.39, 0.29) is 30.3 Å². The maximum Gasteiger partial charge on any atom is 0.274 e. The molecule has 1 N–H and O–H groups in total. The summed E-state index contributed by atoms with van der Waals surface area (Å²) in [7, 11) is 1.31. The number of thiazole rings is 1. The molecule has 1 amide bonds. The number of aromatic nitrogens is 2. The van der Waals surface area contributed by atoms with Crippen LogP contribution < -0.4 is 14.8 Å². The van der Waals surface area contributed by atoms with Crippen molar-refractivity contribution in [3.05, 3.63) is 74.4 Å². The molecule has 10 heteroatoms. The fourth-order valence-electron chi connectivity index (χ4n) is 3.61. The molecule has 5 rings (SSSR count). The van der Waals surface area contributed by atoms with Crippen LogP contribution in [0, 0.1) is 5.82 Å². The zero-order valence-corrected chi connectivity index (χ0v) is 18.1. The normalized spacial score (nSPS) is 14.6. The molecule has 1 aliphatic rings. The van der Waals surface area contributed by atoms with Gasteiger partial charge in [0.15, 0.2) is 22.3 Å². The summed E-state index contributed by atoms with van der Waals surface area (Å²) in [4.78, 5) is 31.5. The van der Waals surface area contributed by atoms with Crippen LogP contribution in [0.2, 0.25) is 0 Å². The van der Waals surface area contributed by atoms with Crippen molar-refractivity contribution in [2.45, 2.75) is 6.17 Å². The van der Waals surface area contributed by atoms with Crippen molar-refractivity contribution >= 4 is 28.3 Å². The fourth-order valence-corrected chi connectivity index (χ4v) is 4.57. The zero-order valence-electron chi connectivity index (χ0n) is 17.3. The molecular formula is C23H17F2N3O4S. The maximum atomic E-state index is 13.9. The monoisotopic (exact) mass is 469 g/mol.